The highest BCUT2D eigenvalue weighted by Crippen LogP contribution is 2.32. The van der Waals surface area contributed by atoms with Crippen molar-refractivity contribution in [1.82, 2.24) is 25.2 Å². The highest BCUT2D eigenvalue weighted by Gasteiger charge is 2.32. The molecule has 9 heteroatoms. The Bertz CT molecular complexity index is 672. The number of rotatable bonds is 8. The first-order valence-electron chi connectivity index (χ1n) is 11.5. The molecule has 3 heterocycles. The molecular weight excluding hydrogens is 386 g/mol. The lowest BCUT2D eigenvalue weighted by Gasteiger charge is -2.36. The van der Waals surface area contributed by atoms with Crippen molar-refractivity contribution in [2.45, 2.75) is 75.7 Å². The molecule has 2 saturated heterocycles. The van der Waals surface area contributed by atoms with Crippen LogP contribution < -0.4 is 5.32 Å². The summed E-state index contributed by atoms with van der Waals surface area (Å²) in [4.78, 5) is 14.5. The number of nitrogens with zero attached hydrogens (tertiary/aromatic N) is 4. The highest BCUT2D eigenvalue weighted by atomic mass is 16.5. The minimum atomic E-state index is -0.359. The van der Waals surface area contributed by atoms with Crippen LogP contribution in [0.3, 0.4) is 0 Å². The molecule has 1 aliphatic carbocycles. The zero-order valence-electron chi connectivity index (χ0n) is 17.7. The minimum absolute atomic E-state index is 0.00976. The fraction of sp³-hybridized carbons (Fsp3) is 0.857. The molecule has 3 atom stereocenters. The van der Waals surface area contributed by atoms with Gasteiger partial charge in [0.15, 0.2) is 0 Å². The van der Waals surface area contributed by atoms with Crippen molar-refractivity contribution in [2.75, 3.05) is 39.5 Å². The normalized spacial score (nSPS) is 28.6. The molecule has 30 heavy (non-hydrogen) atoms. The summed E-state index contributed by atoms with van der Waals surface area (Å²) in [5.74, 6) is 0.565. The molecule has 3 aliphatic rings. The van der Waals surface area contributed by atoms with Gasteiger partial charge in [-0.15, -0.1) is 5.10 Å². The summed E-state index contributed by atoms with van der Waals surface area (Å²) >= 11 is 0. The van der Waals surface area contributed by atoms with Crippen LogP contribution in [-0.2, 0) is 20.8 Å². The Morgan fingerprint density at radius 1 is 1.20 bits per heavy atom. The van der Waals surface area contributed by atoms with Gasteiger partial charge in [0.2, 0.25) is 5.91 Å². The number of carbonyl (C=O) groups excluding carboxylic acids is 1. The van der Waals surface area contributed by atoms with Crippen LogP contribution >= 0.6 is 0 Å². The first-order chi connectivity index (χ1) is 14.7. The molecule has 2 aliphatic heterocycles. The summed E-state index contributed by atoms with van der Waals surface area (Å²) in [5.41, 5.74) is 1.12. The number of amides is 1. The number of aliphatic hydroxyl groups excluding tert-OH is 1. The van der Waals surface area contributed by atoms with Gasteiger partial charge in [-0.05, 0) is 32.1 Å². The second-order valence-electron chi connectivity index (χ2n) is 8.80. The molecule has 0 unspecified atom stereocenters. The van der Waals surface area contributed by atoms with E-state index in [0.29, 0.717) is 25.7 Å². The Hall–Kier alpha value is -1.55. The van der Waals surface area contributed by atoms with Crippen molar-refractivity contribution in [3.05, 3.63) is 11.9 Å². The first kappa shape index (κ1) is 21.7. The molecule has 3 fully saturated rings. The number of aromatic nitrogens is 3. The molecule has 1 aromatic rings. The number of hydrogen-bond acceptors (Lipinski definition) is 7. The number of hydrogen-bond donors (Lipinski definition) is 2. The third kappa shape index (κ3) is 5.78. The smallest absolute Gasteiger partial charge is 0.234 e. The van der Waals surface area contributed by atoms with Crippen LogP contribution in [0, 0.1) is 0 Å². The predicted molar refractivity (Wildman–Crippen MR) is 110 cm³/mol. The maximum absolute atomic E-state index is 12.4. The lowest BCUT2D eigenvalue weighted by atomic mass is 9.97. The van der Waals surface area contributed by atoms with Crippen LogP contribution in [0.1, 0.15) is 56.6 Å². The molecule has 0 radical (unpaired) electrons. The second kappa shape index (κ2) is 10.7. The molecule has 0 aromatic carbocycles. The Labute approximate surface area is 178 Å². The van der Waals surface area contributed by atoms with Crippen molar-refractivity contribution >= 4 is 5.91 Å². The van der Waals surface area contributed by atoms with Gasteiger partial charge in [0.25, 0.3) is 0 Å². The van der Waals surface area contributed by atoms with E-state index in [2.05, 4.69) is 26.7 Å². The van der Waals surface area contributed by atoms with Crippen molar-refractivity contribution in [2.24, 2.45) is 0 Å². The average molecular weight is 422 g/mol. The van der Waals surface area contributed by atoms with Crippen LogP contribution in [0.2, 0.25) is 0 Å². The van der Waals surface area contributed by atoms with Gasteiger partial charge in [-0.1, -0.05) is 18.1 Å². The number of carbonyl (C=O) groups is 1. The van der Waals surface area contributed by atoms with Gasteiger partial charge in [-0.3, -0.25) is 14.4 Å². The Morgan fingerprint density at radius 2 is 2.00 bits per heavy atom. The Balaban J connectivity index is 1.20. The topological polar surface area (TPSA) is 102 Å². The first-order valence-corrected chi connectivity index (χ1v) is 11.5. The molecule has 0 bridgehead atoms. The molecule has 0 spiro atoms. The van der Waals surface area contributed by atoms with E-state index in [1.54, 1.807) is 0 Å². The van der Waals surface area contributed by atoms with Crippen LogP contribution in [0.5, 0.6) is 0 Å². The number of aryl methyl sites for hydroxylation is 1. The van der Waals surface area contributed by atoms with Gasteiger partial charge >= 0.3 is 0 Å². The van der Waals surface area contributed by atoms with Crippen molar-refractivity contribution in [3.63, 3.8) is 0 Å². The van der Waals surface area contributed by atoms with E-state index in [9.17, 15) is 9.90 Å². The summed E-state index contributed by atoms with van der Waals surface area (Å²) < 4.78 is 13.3. The summed E-state index contributed by atoms with van der Waals surface area (Å²) in [5, 5.41) is 21.5. The van der Waals surface area contributed by atoms with E-state index in [4.69, 9.17) is 9.47 Å². The van der Waals surface area contributed by atoms with Crippen LogP contribution in [0.25, 0.3) is 0 Å². The second-order valence-corrected chi connectivity index (χ2v) is 8.80. The standard InChI is InChI=1S/C21H35N5O4/c27-15-20-18(22-21(28)14-25-9-11-29-12-10-25)6-5-17(30-20)7-8-26-13-19(23-24-26)16-3-1-2-4-16/h13,16-18,20,27H,1-12,14-15H2,(H,22,28)/t17-,18-,20-/m0/s1. The molecule has 9 nitrogen and oxygen atoms in total. The summed E-state index contributed by atoms with van der Waals surface area (Å²) in [6.45, 7) is 3.96. The summed E-state index contributed by atoms with van der Waals surface area (Å²) in [7, 11) is 0. The van der Waals surface area contributed by atoms with E-state index in [-0.39, 0.29) is 30.8 Å². The summed E-state index contributed by atoms with van der Waals surface area (Å²) in [6.07, 6.45) is 9.33. The molecule has 1 aromatic heterocycles. The van der Waals surface area contributed by atoms with E-state index in [1.807, 2.05) is 4.68 Å². The monoisotopic (exact) mass is 421 g/mol. The molecule has 168 valence electrons. The molecular formula is C21H35N5O4. The van der Waals surface area contributed by atoms with Crippen LogP contribution in [-0.4, -0.2) is 88.6 Å². The predicted octanol–water partition coefficient (Wildman–Crippen LogP) is 0.683. The molecule has 1 saturated carbocycles. The van der Waals surface area contributed by atoms with Crippen LogP contribution in [0.4, 0.5) is 0 Å². The number of morpholine rings is 1. The third-order valence-electron chi connectivity index (χ3n) is 6.62. The molecule has 4 rings (SSSR count). The Morgan fingerprint density at radius 3 is 2.77 bits per heavy atom. The fourth-order valence-electron chi connectivity index (χ4n) is 4.83. The van der Waals surface area contributed by atoms with Crippen LogP contribution in [0.15, 0.2) is 6.20 Å². The van der Waals surface area contributed by atoms with Gasteiger partial charge in [-0.2, -0.15) is 0 Å². The number of ether oxygens (including phenoxy) is 2. The van der Waals surface area contributed by atoms with E-state index < -0.39 is 0 Å². The van der Waals surface area contributed by atoms with E-state index in [0.717, 1.165) is 44.6 Å². The molecule has 2 N–H and O–H groups in total. The van der Waals surface area contributed by atoms with Gasteiger partial charge in [-0.25, -0.2) is 0 Å². The summed E-state index contributed by atoms with van der Waals surface area (Å²) in [6, 6.07) is -0.139. The van der Waals surface area contributed by atoms with Crippen molar-refractivity contribution in [1.29, 1.82) is 0 Å². The maximum Gasteiger partial charge on any atom is 0.234 e. The van der Waals surface area contributed by atoms with Gasteiger partial charge in [0.1, 0.15) is 6.10 Å². The van der Waals surface area contributed by atoms with Gasteiger partial charge < -0.3 is 19.9 Å². The van der Waals surface area contributed by atoms with Crippen molar-refractivity contribution < 1.29 is 19.4 Å². The van der Waals surface area contributed by atoms with Gasteiger partial charge in [0, 0.05) is 31.7 Å². The highest BCUT2D eigenvalue weighted by molar-refractivity contribution is 5.78. The van der Waals surface area contributed by atoms with Gasteiger partial charge in [0.05, 0.1) is 44.2 Å². The minimum Gasteiger partial charge on any atom is -0.394 e. The SMILES string of the molecule is O=C(CN1CCOCC1)N[C@H]1CC[C@@H](CCn2cc(C3CCCC3)nn2)O[C@H]1CO. The lowest BCUT2D eigenvalue weighted by Crippen LogP contribution is -2.53. The largest absolute Gasteiger partial charge is 0.394 e. The lowest BCUT2D eigenvalue weighted by molar-refractivity contribution is -0.130. The quantitative estimate of drug-likeness (QED) is 0.636. The zero-order chi connectivity index (χ0) is 20.8. The zero-order valence-corrected chi connectivity index (χ0v) is 17.7. The van der Waals surface area contributed by atoms with Crippen molar-refractivity contribution in [3.8, 4) is 0 Å². The fourth-order valence-corrected chi connectivity index (χ4v) is 4.83. The Kier molecular flexibility index (Phi) is 7.70. The van der Waals surface area contributed by atoms with E-state index >= 15 is 0 Å². The van der Waals surface area contributed by atoms with E-state index in [1.165, 1.54) is 25.7 Å². The number of nitrogens with one attached hydrogen (secondary N) is 1. The number of aliphatic hydroxyl groups is 1. The average Bonchev–Trinajstić information content (AvgIpc) is 3.45. The third-order valence-corrected chi connectivity index (χ3v) is 6.62. The molecule has 1 amide bonds. The maximum atomic E-state index is 12.4.